The summed E-state index contributed by atoms with van der Waals surface area (Å²) < 4.78 is 19.4. The highest BCUT2D eigenvalue weighted by atomic mass is 16.5. The molecule has 0 bridgehead atoms. The standard InChI is InChI=1S/C31H35NO6/c1-31(2,3)29-15-20-14-28(37-13-5-12-36-4)24(19-6-8-21(9-7-19)38-22-10-11-22)16-23(20)26-17-27(33)25(30(34)35)18-32(26)29/h6-9,14,16-18,22,29H,5,10-13,15H2,1-4H3,(H,34,35). The normalized spacial score (nSPS) is 16.5. The monoisotopic (exact) mass is 517 g/mol. The van der Waals surface area contributed by atoms with Crippen LogP contribution in [0.15, 0.2) is 53.5 Å². The molecule has 0 amide bonds. The molecule has 1 atom stereocenters. The molecule has 3 aromatic rings. The molecule has 1 aliphatic heterocycles. The van der Waals surface area contributed by atoms with Gasteiger partial charge in [-0.05, 0) is 60.1 Å². The molecular weight excluding hydrogens is 482 g/mol. The fraction of sp³-hybridized carbons (Fsp3) is 0.419. The lowest BCUT2D eigenvalue weighted by Gasteiger charge is -2.39. The second-order valence-electron chi connectivity index (χ2n) is 11.3. The summed E-state index contributed by atoms with van der Waals surface area (Å²) in [5.74, 6) is 0.418. The number of methoxy groups -OCH3 is 1. The third-order valence-electron chi connectivity index (χ3n) is 7.28. The van der Waals surface area contributed by atoms with Crippen molar-refractivity contribution in [3.05, 3.63) is 70.0 Å². The molecule has 7 nitrogen and oxygen atoms in total. The van der Waals surface area contributed by atoms with Crippen molar-refractivity contribution in [2.45, 2.75) is 58.6 Å². The first kappa shape index (κ1) is 26.0. The number of carboxylic acid groups (broad SMARTS) is 1. The maximum absolute atomic E-state index is 12.8. The van der Waals surface area contributed by atoms with Crippen molar-refractivity contribution < 1.29 is 24.1 Å². The quantitative estimate of drug-likeness (QED) is 0.352. The Balaban J connectivity index is 1.63. The van der Waals surface area contributed by atoms with E-state index in [2.05, 4.69) is 32.9 Å². The lowest BCUT2D eigenvalue weighted by molar-refractivity contribution is 0.0693. The first-order valence-corrected chi connectivity index (χ1v) is 13.2. The summed E-state index contributed by atoms with van der Waals surface area (Å²) in [4.78, 5) is 24.6. The number of hydrogen-bond donors (Lipinski definition) is 1. The second kappa shape index (κ2) is 10.3. The minimum atomic E-state index is -1.21. The number of rotatable bonds is 9. The van der Waals surface area contributed by atoms with E-state index in [1.807, 2.05) is 28.8 Å². The predicted molar refractivity (Wildman–Crippen MR) is 146 cm³/mol. The number of fused-ring (bicyclic) bond motifs is 3. The van der Waals surface area contributed by atoms with Crippen LogP contribution in [0.4, 0.5) is 0 Å². The zero-order chi connectivity index (χ0) is 27.0. The Morgan fingerprint density at radius 1 is 1.05 bits per heavy atom. The number of benzene rings is 2. The molecule has 1 saturated carbocycles. The van der Waals surface area contributed by atoms with Gasteiger partial charge < -0.3 is 23.9 Å². The molecule has 1 fully saturated rings. The molecule has 200 valence electrons. The van der Waals surface area contributed by atoms with Gasteiger partial charge in [0.1, 0.15) is 17.1 Å². The summed E-state index contributed by atoms with van der Waals surface area (Å²) >= 11 is 0. The molecule has 0 saturated heterocycles. The van der Waals surface area contributed by atoms with Crippen LogP contribution in [0.1, 0.15) is 62.0 Å². The SMILES string of the molecule is COCCCOc1cc2c(cc1-c1ccc(OC3CC3)cc1)-c1cc(=O)c(C(=O)O)cn1C(C(C)(C)C)C2. The van der Waals surface area contributed by atoms with Gasteiger partial charge in [0.2, 0.25) is 0 Å². The van der Waals surface area contributed by atoms with E-state index in [4.69, 9.17) is 14.2 Å². The van der Waals surface area contributed by atoms with Crippen molar-refractivity contribution in [2.24, 2.45) is 5.41 Å². The molecule has 2 aromatic carbocycles. The van der Waals surface area contributed by atoms with E-state index in [1.54, 1.807) is 7.11 Å². The van der Waals surface area contributed by atoms with Crippen molar-refractivity contribution in [1.82, 2.24) is 4.57 Å². The van der Waals surface area contributed by atoms with E-state index in [-0.39, 0.29) is 17.0 Å². The van der Waals surface area contributed by atoms with Crippen LogP contribution in [-0.4, -0.2) is 42.1 Å². The van der Waals surface area contributed by atoms with Gasteiger partial charge in [0.25, 0.3) is 0 Å². The minimum Gasteiger partial charge on any atom is -0.493 e. The molecule has 1 unspecified atom stereocenters. The van der Waals surface area contributed by atoms with Crippen LogP contribution < -0.4 is 14.9 Å². The van der Waals surface area contributed by atoms with Gasteiger partial charge in [0.15, 0.2) is 5.43 Å². The van der Waals surface area contributed by atoms with E-state index in [0.29, 0.717) is 25.7 Å². The summed E-state index contributed by atoms with van der Waals surface area (Å²) in [6, 6.07) is 13.6. The molecule has 1 aliphatic carbocycles. The topological polar surface area (TPSA) is 87.0 Å². The molecular formula is C31H35NO6. The molecule has 1 N–H and O–H groups in total. The van der Waals surface area contributed by atoms with Gasteiger partial charge in [-0.15, -0.1) is 0 Å². The maximum Gasteiger partial charge on any atom is 0.341 e. The Morgan fingerprint density at radius 2 is 1.79 bits per heavy atom. The smallest absolute Gasteiger partial charge is 0.341 e. The van der Waals surface area contributed by atoms with Gasteiger partial charge in [0, 0.05) is 49.6 Å². The van der Waals surface area contributed by atoms with Crippen molar-refractivity contribution in [3.63, 3.8) is 0 Å². The summed E-state index contributed by atoms with van der Waals surface area (Å²) in [6.07, 6.45) is 5.50. The number of aromatic nitrogens is 1. The number of hydrogen-bond acceptors (Lipinski definition) is 5. The van der Waals surface area contributed by atoms with Crippen LogP contribution in [0, 0.1) is 5.41 Å². The summed E-state index contributed by atoms with van der Waals surface area (Å²) in [6.45, 7) is 7.53. The van der Waals surface area contributed by atoms with Crippen LogP contribution in [0.2, 0.25) is 0 Å². The molecule has 1 aromatic heterocycles. The van der Waals surface area contributed by atoms with Crippen molar-refractivity contribution >= 4 is 5.97 Å². The highest BCUT2D eigenvalue weighted by molar-refractivity contribution is 5.88. The highest BCUT2D eigenvalue weighted by Gasteiger charge is 2.34. The van der Waals surface area contributed by atoms with E-state index in [1.165, 1.54) is 12.3 Å². The Morgan fingerprint density at radius 3 is 2.42 bits per heavy atom. The van der Waals surface area contributed by atoms with Gasteiger partial charge >= 0.3 is 5.97 Å². The number of nitrogens with zero attached hydrogens (tertiary/aromatic N) is 1. The molecule has 7 heteroatoms. The fourth-order valence-electron chi connectivity index (χ4n) is 5.07. The molecule has 2 aliphatic rings. The first-order valence-electron chi connectivity index (χ1n) is 13.2. The van der Waals surface area contributed by atoms with Crippen molar-refractivity contribution in [3.8, 4) is 33.9 Å². The van der Waals surface area contributed by atoms with E-state index in [9.17, 15) is 14.7 Å². The van der Waals surface area contributed by atoms with Gasteiger partial charge in [-0.1, -0.05) is 32.9 Å². The number of ether oxygens (including phenoxy) is 3. The average molecular weight is 518 g/mol. The Labute approximate surface area is 223 Å². The Kier molecular flexibility index (Phi) is 7.05. The Hall–Kier alpha value is -3.58. The Bertz CT molecular complexity index is 1400. The summed E-state index contributed by atoms with van der Waals surface area (Å²) in [7, 11) is 1.68. The average Bonchev–Trinajstić information content (AvgIpc) is 3.69. The van der Waals surface area contributed by atoms with Crippen molar-refractivity contribution in [1.29, 1.82) is 0 Å². The largest absolute Gasteiger partial charge is 0.493 e. The number of carboxylic acids is 1. The minimum absolute atomic E-state index is 0.0326. The number of pyridine rings is 1. The summed E-state index contributed by atoms with van der Waals surface area (Å²) in [5, 5.41) is 9.63. The molecule has 38 heavy (non-hydrogen) atoms. The first-order chi connectivity index (χ1) is 18.2. The molecule has 0 radical (unpaired) electrons. The van der Waals surface area contributed by atoms with Crippen LogP contribution in [0.3, 0.4) is 0 Å². The lowest BCUT2D eigenvalue weighted by Crippen LogP contribution is -2.32. The molecule has 2 heterocycles. The van der Waals surface area contributed by atoms with Crippen LogP contribution in [0.25, 0.3) is 22.4 Å². The summed E-state index contributed by atoms with van der Waals surface area (Å²) in [5.41, 5.74) is 3.72. The molecule has 5 rings (SSSR count). The zero-order valence-electron chi connectivity index (χ0n) is 22.5. The fourth-order valence-corrected chi connectivity index (χ4v) is 5.07. The third-order valence-corrected chi connectivity index (χ3v) is 7.28. The van der Waals surface area contributed by atoms with Crippen molar-refractivity contribution in [2.75, 3.05) is 20.3 Å². The number of aromatic carboxylic acids is 1. The van der Waals surface area contributed by atoms with Crippen LogP contribution in [0.5, 0.6) is 11.5 Å². The zero-order valence-corrected chi connectivity index (χ0v) is 22.5. The second-order valence-corrected chi connectivity index (χ2v) is 11.3. The number of carbonyl (C=O) groups is 1. The highest BCUT2D eigenvalue weighted by Crippen LogP contribution is 2.46. The third kappa shape index (κ3) is 5.34. The van der Waals surface area contributed by atoms with E-state index in [0.717, 1.165) is 58.7 Å². The molecule has 0 spiro atoms. The van der Waals surface area contributed by atoms with Crippen LogP contribution >= 0.6 is 0 Å². The van der Waals surface area contributed by atoms with E-state index >= 15 is 0 Å². The van der Waals surface area contributed by atoms with Gasteiger partial charge in [0.05, 0.1) is 18.4 Å². The van der Waals surface area contributed by atoms with Gasteiger partial charge in [-0.2, -0.15) is 0 Å². The van der Waals surface area contributed by atoms with Crippen LogP contribution in [-0.2, 0) is 11.2 Å². The predicted octanol–water partition coefficient (Wildman–Crippen LogP) is 5.98. The van der Waals surface area contributed by atoms with E-state index < -0.39 is 11.4 Å². The van der Waals surface area contributed by atoms with Gasteiger partial charge in [-0.3, -0.25) is 4.79 Å². The van der Waals surface area contributed by atoms with Gasteiger partial charge in [-0.25, -0.2) is 4.79 Å². The lowest BCUT2D eigenvalue weighted by atomic mass is 9.78. The maximum atomic E-state index is 12.8.